The van der Waals surface area contributed by atoms with Gasteiger partial charge in [0.2, 0.25) is 10.0 Å². The Bertz CT molecular complexity index is 446. The van der Waals surface area contributed by atoms with Crippen LogP contribution in [0.2, 0.25) is 0 Å². The van der Waals surface area contributed by atoms with Crippen molar-refractivity contribution in [3.63, 3.8) is 0 Å². The molecule has 0 saturated carbocycles. The first-order chi connectivity index (χ1) is 9.05. The van der Waals surface area contributed by atoms with Crippen LogP contribution in [0.15, 0.2) is 30.3 Å². The molecule has 1 unspecified atom stereocenters. The fourth-order valence-corrected chi connectivity index (χ4v) is 2.96. The molecule has 0 bridgehead atoms. The molecule has 0 aliphatic rings. The Labute approximate surface area is 116 Å². The van der Waals surface area contributed by atoms with E-state index in [0.29, 0.717) is 13.0 Å². The summed E-state index contributed by atoms with van der Waals surface area (Å²) in [5.74, 6) is 0.367. The minimum Gasteiger partial charge on any atom is -0.317 e. The van der Waals surface area contributed by atoms with Crippen molar-refractivity contribution in [1.29, 1.82) is 0 Å². The summed E-state index contributed by atoms with van der Waals surface area (Å²) in [5.41, 5.74) is 1.15. The van der Waals surface area contributed by atoms with Gasteiger partial charge in [-0.25, -0.2) is 13.1 Å². The third-order valence-electron chi connectivity index (χ3n) is 2.99. The summed E-state index contributed by atoms with van der Waals surface area (Å²) < 4.78 is 26.3. The van der Waals surface area contributed by atoms with Crippen molar-refractivity contribution < 1.29 is 8.42 Å². The van der Waals surface area contributed by atoms with E-state index >= 15 is 0 Å². The van der Waals surface area contributed by atoms with Gasteiger partial charge in [-0.3, -0.25) is 0 Å². The minimum atomic E-state index is -3.16. The van der Waals surface area contributed by atoms with E-state index in [9.17, 15) is 8.42 Å². The summed E-state index contributed by atoms with van der Waals surface area (Å²) >= 11 is 0. The molecule has 0 spiro atoms. The number of rotatable bonds is 9. The van der Waals surface area contributed by atoms with Crippen LogP contribution in [-0.4, -0.2) is 33.8 Å². The van der Waals surface area contributed by atoms with Gasteiger partial charge in [-0.1, -0.05) is 44.2 Å². The number of nitrogens with one attached hydrogen (secondary N) is 2. The van der Waals surface area contributed by atoms with Gasteiger partial charge in [0, 0.05) is 6.54 Å². The standard InChI is InChI=1S/C14H24N2O2S/c1-3-15-10-7-11-19(17,18)16-12-13(2)14-8-5-4-6-9-14/h4-6,8-9,13,15-16H,3,7,10-12H2,1-2H3. The van der Waals surface area contributed by atoms with Crippen molar-refractivity contribution >= 4 is 10.0 Å². The van der Waals surface area contributed by atoms with Gasteiger partial charge >= 0.3 is 0 Å². The Hall–Kier alpha value is -0.910. The highest BCUT2D eigenvalue weighted by atomic mass is 32.2. The third-order valence-corrected chi connectivity index (χ3v) is 4.43. The van der Waals surface area contributed by atoms with Crippen LogP contribution in [0, 0.1) is 0 Å². The van der Waals surface area contributed by atoms with Crippen LogP contribution < -0.4 is 10.0 Å². The van der Waals surface area contributed by atoms with Crippen molar-refractivity contribution in [2.24, 2.45) is 0 Å². The summed E-state index contributed by atoms with van der Waals surface area (Å²) in [6.45, 7) is 6.10. The first-order valence-corrected chi connectivity index (χ1v) is 8.43. The maximum Gasteiger partial charge on any atom is 0.211 e. The molecule has 0 aliphatic heterocycles. The van der Waals surface area contributed by atoms with E-state index < -0.39 is 10.0 Å². The quantitative estimate of drug-likeness (QED) is 0.679. The summed E-state index contributed by atoms with van der Waals surface area (Å²) in [4.78, 5) is 0. The van der Waals surface area contributed by atoms with Crippen molar-refractivity contribution in [2.45, 2.75) is 26.2 Å². The molecule has 0 fully saturated rings. The molecule has 0 saturated heterocycles. The lowest BCUT2D eigenvalue weighted by Gasteiger charge is -2.13. The van der Waals surface area contributed by atoms with Crippen LogP contribution in [-0.2, 0) is 10.0 Å². The van der Waals surface area contributed by atoms with Gasteiger partial charge < -0.3 is 5.32 Å². The summed E-state index contributed by atoms with van der Waals surface area (Å²) in [5, 5.41) is 3.12. The number of benzene rings is 1. The smallest absolute Gasteiger partial charge is 0.211 e. The summed E-state index contributed by atoms with van der Waals surface area (Å²) in [7, 11) is -3.16. The highest BCUT2D eigenvalue weighted by molar-refractivity contribution is 7.89. The molecule has 0 aromatic heterocycles. The number of hydrogen-bond acceptors (Lipinski definition) is 3. The van der Waals surface area contributed by atoms with Crippen molar-refractivity contribution in [1.82, 2.24) is 10.0 Å². The Morgan fingerprint density at radius 2 is 1.89 bits per heavy atom. The average Bonchev–Trinajstić information content (AvgIpc) is 2.42. The van der Waals surface area contributed by atoms with E-state index in [2.05, 4.69) is 10.0 Å². The molecule has 19 heavy (non-hydrogen) atoms. The van der Waals surface area contributed by atoms with Crippen LogP contribution in [0.4, 0.5) is 0 Å². The first kappa shape index (κ1) is 16.1. The molecule has 1 aromatic rings. The van der Waals surface area contributed by atoms with Gasteiger partial charge in [0.1, 0.15) is 0 Å². The minimum absolute atomic E-state index is 0.182. The fraction of sp³-hybridized carbons (Fsp3) is 0.571. The van der Waals surface area contributed by atoms with Crippen molar-refractivity contribution in [3.05, 3.63) is 35.9 Å². The lowest BCUT2D eigenvalue weighted by molar-refractivity contribution is 0.569. The van der Waals surface area contributed by atoms with Crippen LogP contribution in [0.3, 0.4) is 0 Å². The third kappa shape index (κ3) is 6.71. The first-order valence-electron chi connectivity index (χ1n) is 6.78. The molecule has 108 valence electrons. The second-order valence-corrected chi connectivity index (χ2v) is 6.61. The van der Waals surface area contributed by atoms with Crippen LogP contribution >= 0.6 is 0 Å². The van der Waals surface area contributed by atoms with Crippen molar-refractivity contribution in [3.8, 4) is 0 Å². The summed E-state index contributed by atoms with van der Waals surface area (Å²) in [6, 6.07) is 9.93. The highest BCUT2D eigenvalue weighted by Crippen LogP contribution is 2.13. The number of sulfonamides is 1. The largest absolute Gasteiger partial charge is 0.317 e. The topological polar surface area (TPSA) is 58.2 Å². The Morgan fingerprint density at radius 3 is 2.53 bits per heavy atom. The Morgan fingerprint density at radius 1 is 1.21 bits per heavy atom. The molecular formula is C14H24N2O2S. The molecule has 0 amide bonds. The van der Waals surface area contributed by atoms with E-state index in [-0.39, 0.29) is 11.7 Å². The second kappa shape index (κ2) is 8.30. The Kier molecular flexibility index (Phi) is 7.05. The monoisotopic (exact) mass is 284 g/mol. The molecule has 1 atom stereocenters. The molecule has 1 aromatic carbocycles. The van der Waals surface area contributed by atoms with Gasteiger partial charge in [0.05, 0.1) is 5.75 Å². The molecular weight excluding hydrogens is 260 g/mol. The predicted molar refractivity (Wildman–Crippen MR) is 79.8 cm³/mol. The lowest BCUT2D eigenvalue weighted by Crippen LogP contribution is -2.31. The van der Waals surface area contributed by atoms with Crippen molar-refractivity contribution in [2.75, 3.05) is 25.4 Å². The SMILES string of the molecule is CCNCCCS(=O)(=O)NCC(C)c1ccccc1. The summed E-state index contributed by atoms with van der Waals surface area (Å²) in [6.07, 6.45) is 0.642. The van der Waals surface area contributed by atoms with Gasteiger partial charge in [-0.15, -0.1) is 0 Å². The van der Waals surface area contributed by atoms with E-state index in [4.69, 9.17) is 0 Å². The van der Waals surface area contributed by atoms with E-state index in [1.54, 1.807) is 0 Å². The molecule has 0 heterocycles. The van der Waals surface area contributed by atoms with Gasteiger partial charge in [0.25, 0.3) is 0 Å². The molecule has 1 rings (SSSR count). The fourth-order valence-electron chi connectivity index (χ4n) is 1.79. The molecule has 0 aliphatic carbocycles. The normalized spacial score (nSPS) is 13.4. The van der Waals surface area contributed by atoms with Gasteiger partial charge in [-0.05, 0) is 31.0 Å². The molecule has 4 nitrogen and oxygen atoms in total. The maximum atomic E-state index is 11.8. The van der Waals surface area contributed by atoms with Crippen LogP contribution in [0.5, 0.6) is 0 Å². The highest BCUT2D eigenvalue weighted by Gasteiger charge is 2.12. The Balaban J connectivity index is 2.34. The lowest BCUT2D eigenvalue weighted by atomic mass is 10.0. The van der Waals surface area contributed by atoms with E-state index in [0.717, 1.165) is 18.7 Å². The molecule has 2 N–H and O–H groups in total. The second-order valence-electron chi connectivity index (χ2n) is 4.69. The van der Waals surface area contributed by atoms with Crippen LogP contribution in [0.25, 0.3) is 0 Å². The zero-order valence-electron chi connectivity index (χ0n) is 11.7. The van der Waals surface area contributed by atoms with Gasteiger partial charge in [0.15, 0.2) is 0 Å². The van der Waals surface area contributed by atoms with Crippen LogP contribution in [0.1, 0.15) is 31.7 Å². The molecule has 5 heteroatoms. The zero-order valence-corrected chi connectivity index (χ0v) is 12.5. The predicted octanol–water partition coefficient (Wildman–Crippen LogP) is 1.71. The number of hydrogen-bond donors (Lipinski definition) is 2. The molecule has 0 radical (unpaired) electrons. The maximum absolute atomic E-state index is 11.8. The van der Waals surface area contributed by atoms with Gasteiger partial charge in [-0.2, -0.15) is 0 Å². The van der Waals surface area contributed by atoms with E-state index in [1.807, 2.05) is 44.2 Å². The zero-order chi connectivity index (χ0) is 14.1. The van der Waals surface area contributed by atoms with E-state index in [1.165, 1.54) is 0 Å². The average molecular weight is 284 g/mol.